The lowest BCUT2D eigenvalue weighted by atomic mass is 9.86. The maximum Gasteiger partial charge on any atom is 0.303 e. The van der Waals surface area contributed by atoms with Crippen LogP contribution < -0.4 is 0 Å². The normalized spacial score (nSPS) is 23.4. The summed E-state index contributed by atoms with van der Waals surface area (Å²) in [6.45, 7) is 2.10. The van der Waals surface area contributed by atoms with E-state index in [4.69, 9.17) is 5.11 Å². The minimum absolute atomic E-state index is 0.0677. The van der Waals surface area contributed by atoms with E-state index >= 15 is 0 Å². The van der Waals surface area contributed by atoms with Gasteiger partial charge in [-0.05, 0) is 38.0 Å². The minimum Gasteiger partial charge on any atom is -0.481 e. The fourth-order valence-electron chi connectivity index (χ4n) is 3.47. The van der Waals surface area contributed by atoms with Crippen molar-refractivity contribution >= 4 is 17.5 Å². The quantitative estimate of drug-likeness (QED) is 0.390. The molecule has 5 nitrogen and oxygen atoms in total. The lowest BCUT2D eigenvalue weighted by molar-refractivity contribution is -0.137. The minimum atomic E-state index is -0.797. The molecule has 0 spiro atoms. The van der Waals surface area contributed by atoms with Gasteiger partial charge in [0.15, 0.2) is 0 Å². The van der Waals surface area contributed by atoms with E-state index in [-0.39, 0.29) is 36.2 Å². The zero-order valence-corrected chi connectivity index (χ0v) is 15.3. The summed E-state index contributed by atoms with van der Waals surface area (Å²) in [5, 5.41) is 18.7. The molecule has 0 radical (unpaired) electrons. The van der Waals surface area contributed by atoms with Crippen molar-refractivity contribution in [3.05, 3.63) is 12.2 Å². The average Bonchev–Trinajstić information content (AvgIpc) is 2.82. The van der Waals surface area contributed by atoms with Gasteiger partial charge in [0.05, 0.1) is 6.10 Å². The van der Waals surface area contributed by atoms with Crippen molar-refractivity contribution in [2.75, 3.05) is 0 Å². The Morgan fingerprint density at radius 2 is 1.88 bits per heavy atom. The number of hydrogen-bond donors (Lipinski definition) is 2. The fourth-order valence-corrected chi connectivity index (χ4v) is 3.47. The van der Waals surface area contributed by atoms with Crippen LogP contribution in [0, 0.1) is 11.8 Å². The molecule has 0 saturated heterocycles. The number of unbranched alkanes of at least 4 members (excludes halogenated alkanes) is 3. The second kappa shape index (κ2) is 12.0. The SMILES string of the molecule is CCCCCC(=O)CC[C@H]1C(=O)C[C@H](O)[C@@H]1C/C=C\CCCC(=O)O. The third-order valence-corrected chi connectivity index (χ3v) is 4.96. The van der Waals surface area contributed by atoms with Gasteiger partial charge in [0.25, 0.3) is 0 Å². The van der Waals surface area contributed by atoms with Crippen molar-refractivity contribution in [3.8, 4) is 0 Å². The summed E-state index contributed by atoms with van der Waals surface area (Å²) < 4.78 is 0. The van der Waals surface area contributed by atoms with Crippen molar-refractivity contribution in [1.82, 2.24) is 0 Å². The lowest BCUT2D eigenvalue weighted by Gasteiger charge is -2.19. The van der Waals surface area contributed by atoms with E-state index in [9.17, 15) is 19.5 Å². The molecular weight excluding hydrogens is 320 g/mol. The molecule has 3 atom stereocenters. The lowest BCUT2D eigenvalue weighted by Crippen LogP contribution is -2.21. The Balaban J connectivity index is 2.39. The van der Waals surface area contributed by atoms with Gasteiger partial charge in [-0.15, -0.1) is 0 Å². The van der Waals surface area contributed by atoms with Gasteiger partial charge in [-0.1, -0.05) is 31.9 Å². The molecule has 5 heteroatoms. The fraction of sp³-hybridized carbons (Fsp3) is 0.750. The van der Waals surface area contributed by atoms with Crippen molar-refractivity contribution in [2.45, 2.75) is 83.7 Å². The first-order valence-corrected chi connectivity index (χ1v) is 9.55. The summed E-state index contributed by atoms with van der Waals surface area (Å²) >= 11 is 0. The van der Waals surface area contributed by atoms with Crippen LogP contribution in [0.4, 0.5) is 0 Å². The molecule has 1 saturated carbocycles. The van der Waals surface area contributed by atoms with Crippen LogP contribution in [0.25, 0.3) is 0 Å². The van der Waals surface area contributed by atoms with Crippen LogP contribution in [-0.4, -0.2) is 33.9 Å². The largest absolute Gasteiger partial charge is 0.481 e. The first kappa shape index (κ1) is 21.6. The van der Waals surface area contributed by atoms with Crippen LogP contribution in [0.2, 0.25) is 0 Å². The van der Waals surface area contributed by atoms with Gasteiger partial charge >= 0.3 is 5.97 Å². The predicted octanol–water partition coefficient (Wildman–Crippen LogP) is 3.68. The Hall–Kier alpha value is -1.49. The molecule has 0 aromatic heterocycles. The number of aliphatic carboxylic acids is 1. The van der Waals surface area contributed by atoms with E-state index in [0.29, 0.717) is 38.5 Å². The Kier molecular flexibility index (Phi) is 10.3. The number of rotatable bonds is 13. The highest BCUT2D eigenvalue weighted by molar-refractivity contribution is 5.85. The number of aliphatic hydroxyl groups is 1. The molecule has 0 aromatic carbocycles. The van der Waals surface area contributed by atoms with Gasteiger partial charge in [0.1, 0.15) is 11.6 Å². The summed E-state index contributed by atoms with van der Waals surface area (Å²) in [7, 11) is 0. The summed E-state index contributed by atoms with van der Waals surface area (Å²) in [6.07, 6.45) is 10.1. The Bertz CT molecular complexity index is 469. The molecule has 2 N–H and O–H groups in total. The number of Topliss-reactive ketones (excluding diaryl/α,β-unsaturated/α-hetero) is 2. The van der Waals surface area contributed by atoms with E-state index in [0.717, 1.165) is 19.3 Å². The predicted molar refractivity (Wildman–Crippen MR) is 96.2 cm³/mol. The van der Waals surface area contributed by atoms with Crippen molar-refractivity contribution in [1.29, 1.82) is 0 Å². The van der Waals surface area contributed by atoms with Crippen molar-refractivity contribution in [2.24, 2.45) is 11.8 Å². The molecule has 142 valence electrons. The van der Waals surface area contributed by atoms with Crippen molar-refractivity contribution in [3.63, 3.8) is 0 Å². The number of carboxylic acids is 1. The average molecular weight is 352 g/mol. The van der Waals surface area contributed by atoms with Crippen LogP contribution in [0.15, 0.2) is 12.2 Å². The molecule has 0 bridgehead atoms. The summed E-state index contributed by atoms with van der Waals surface area (Å²) in [4.78, 5) is 34.5. The Morgan fingerprint density at radius 1 is 1.12 bits per heavy atom. The molecule has 0 unspecified atom stereocenters. The monoisotopic (exact) mass is 352 g/mol. The standard InChI is InChI=1S/C20H32O5/c1-2-3-6-9-15(21)12-13-17-16(18(22)14-19(17)23)10-7-4-5-8-11-20(24)25/h4,7,16-18,22H,2-3,5-6,8-14H2,1H3,(H,24,25)/b7-4-/t16-,17-,18+/m1/s1. The maximum atomic E-state index is 12.1. The van der Waals surface area contributed by atoms with E-state index in [2.05, 4.69) is 6.92 Å². The number of allylic oxidation sites excluding steroid dienone is 2. The summed E-state index contributed by atoms with van der Waals surface area (Å²) in [6, 6.07) is 0. The highest BCUT2D eigenvalue weighted by Crippen LogP contribution is 2.35. The zero-order valence-electron chi connectivity index (χ0n) is 15.3. The number of carbonyl (C=O) groups is 3. The van der Waals surface area contributed by atoms with E-state index in [1.165, 1.54) is 0 Å². The number of carbonyl (C=O) groups excluding carboxylic acids is 2. The summed E-state index contributed by atoms with van der Waals surface area (Å²) in [5.74, 6) is -0.863. The van der Waals surface area contributed by atoms with Gasteiger partial charge < -0.3 is 10.2 Å². The topological polar surface area (TPSA) is 91.7 Å². The molecule has 0 amide bonds. The highest BCUT2D eigenvalue weighted by atomic mass is 16.4. The molecule has 0 aliphatic heterocycles. The molecule has 25 heavy (non-hydrogen) atoms. The van der Waals surface area contributed by atoms with Crippen LogP contribution in [0.1, 0.15) is 77.6 Å². The number of carboxylic acid groups (broad SMARTS) is 1. The first-order chi connectivity index (χ1) is 12.0. The van der Waals surface area contributed by atoms with Crippen LogP contribution in [0.3, 0.4) is 0 Å². The van der Waals surface area contributed by atoms with Crippen LogP contribution in [0.5, 0.6) is 0 Å². The second-order valence-corrected chi connectivity index (χ2v) is 7.04. The van der Waals surface area contributed by atoms with E-state index in [1.54, 1.807) is 0 Å². The van der Waals surface area contributed by atoms with E-state index < -0.39 is 12.1 Å². The van der Waals surface area contributed by atoms with Gasteiger partial charge in [-0.2, -0.15) is 0 Å². The molecule has 1 aliphatic rings. The molecule has 0 aromatic rings. The number of aliphatic hydroxyl groups excluding tert-OH is 1. The maximum absolute atomic E-state index is 12.1. The second-order valence-electron chi connectivity index (χ2n) is 7.04. The Morgan fingerprint density at radius 3 is 2.56 bits per heavy atom. The third-order valence-electron chi connectivity index (χ3n) is 4.96. The van der Waals surface area contributed by atoms with Gasteiger partial charge in [-0.25, -0.2) is 0 Å². The van der Waals surface area contributed by atoms with Gasteiger partial charge in [-0.3, -0.25) is 14.4 Å². The highest BCUT2D eigenvalue weighted by Gasteiger charge is 2.40. The van der Waals surface area contributed by atoms with Gasteiger partial charge in [0.2, 0.25) is 0 Å². The zero-order chi connectivity index (χ0) is 18.7. The molecule has 0 heterocycles. The van der Waals surface area contributed by atoms with Crippen LogP contribution in [-0.2, 0) is 14.4 Å². The molecule has 1 rings (SSSR count). The van der Waals surface area contributed by atoms with E-state index in [1.807, 2.05) is 12.2 Å². The molecular formula is C20H32O5. The number of hydrogen-bond acceptors (Lipinski definition) is 4. The molecule has 1 aliphatic carbocycles. The molecule has 1 fully saturated rings. The number of ketones is 2. The van der Waals surface area contributed by atoms with Crippen molar-refractivity contribution < 1.29 is 24.6 Å². The third kappa shape index (κ3) is 8.43. The Labute approximate surface area is 150 Å². The van der Waals surface area contributed by atoms with Gasteiger partial charge in [0, 0.05) is 31.6 Å². The smallest absolute Gasteiger partial charge is 0.303 e. The summed E-state index contributed by atoms with van der Waals surface area (Å²) in [5.41, 5.74) is 0. The van der Waals surface area contributed by atoms with Crippen LogP contribution >= 0.6 is 0 Å². The first-order valence-electron chi connectivity index (χ1n) is 9.55.